The van der Waals surface area contributed by atoms with Crippen molar-refractivity contribution in [2.45, 2.75) is 20.3 Å². The van der Waals surface area contributed by atoms with Crippen LogP contribution in [-0.4, -0.2) is 5.78 Å². The molecule has 0 aliphatic carbocycles. The first-order valence-electron chi connectivity index (χ1n) is 3.73. The van der Waals surface area contributed by atoms with E-state index < -0.39 is 0 Å². The predicted octanol–water partition coefficient (Wildman–Crippen LogP) is 2.05. The largest absolute Gasteiger partial charge is 0.469 e. The maximum absolute atomic E-state index is 10.8. The Morgan fingerprint density at radius 1 is 1.73 bits per heavy atom. The van der Waals surface area contributed by atoms with Gasteiger partial charge in [-0.3, -0.25) is 4.79 Å². The molecular weight excluding hydrogens is 140 g/mol. The fourth-order valence-corrected chi connectivity index (χ4v) is 0.874. The third-order valence-electron chi connectivity index (χ3n) is 1.78. The summed E-state index contributed by atoms with van der Waals surface area (Å²) in [5, 5.41) is 0. The highest BCUT2D eigenvalue weighted by Crippen LogP contribution is 2.09. The zero-order chi connectivity index (χ0) is 8.27. The van der Waals surface area contributed by atoms with E-state index in [1.807, 2.05) is 19.1 Å². The Morgan fingerprint density at radius 3 is 2.91 bits per heavy atom. The lowest BCUT2D eigenvalue weighted by molar-refractivity contribution is -0.120. The molecule has 1 rings (SSSR count). The summed E-state index contributed by atoms with van der Waals surface area (Å²) < 4.78 is 5.10. The summed E-state index contributed by atoms with van der Waals surface area (Å²) in [6.45, 7) is 3.51. The van der Waals surface area contributed by atoms with Crippen LogP contribution in [0.3, 0.4) is 0 Å². The monoisotopic (exact) mass is 152 g/mol. The number of carbonyl (C=O) groups excluding carboxylic acids is 1. The van der Waals surface area contributed by atoms with Gasteiger partial charge in [0.1, 0.15) is 11.5 Å². The molecule has 0 amide bonds. The van der Waals surface area contributed by atoms with E-state index in [2.05, 4.69) is 0 Å². The summed E-state index contributed by atoms with van der Waals surface area (Å²) in [7, 11) is 0. The van der Waals surface area contributed by atoms with Gasteiger partial charge in [-0.1, -0.05) is 6.92 Å². The van der Waals surface area contributed by atoms with Crippen LogP contribution in [-0.2, 0) is 11.2 Å². The average Bonchev–Trinajstić information content (AvgIpc) is 2.39. The topological polar surface area (TPSA) is 30.2 Å². The van der Waals surface area contributed by atoms with Crippen LogP contribution in [0.2, 0.25) is 0 Å². The highest BCUT2D eigenvalue weighted by molar-refractivity contribution is 5.78. The quantitative estimate of drug-likeness (QED) is 0.663. The smallest absolute Gasteiger partial charge is 0.133 e. The molecular formula is C9H12O2. The van der Waals surface area contributed by atoms with Crippen molar-refractivity contribution in [2.24, 2.45) is 5.92 Å². The molecule has 1 unspecified atom stereocenters. The van der Waals surface area contributed by atoms with Gasteiger partial charge in [0.25, 0.3) is 0 Å². The lowest BCUT2D eigenvalue weighted by atomic mass is 10.0. The molecule has 0 saturated carbocycles. The van der Waals surface area contributed by atoms with Crippen LogP contribution >= 0.6 is 0 Å². The first-order chi connectivity index (χ1) is 5.20. The summed E-state index contributed by atoms with van der Waals surface area (Å²) in [5.41, 5.74) is 0. The molecule has 1 heterocycles. The molecule has 60 valence electrons. The molecule has 2 heteroatoms. The fourth-order valence-electron chi connectivity index (χ4n) is 0.874. The molecule has 0 spiro atoms. The fraction of sp³-hybridized carbons (Fsp3) is 0.444. The van der Waals surface area contributed by atoms with Gasteiger partial charge in [-0.05, 0) is 19.1 Å². The summed E-state index contributed by atoms with van der Waals surface area (Å²) >= 11 is 0. The minimum Gasteiger partial charge on any atom is -0.469 e. The summed E-state index contributed by atoms with van der Waals surface area (Å²) in [4.78, 5) is 10.8. The van der Waals surface area contributed by atoms with E-state index in [1.54, 1.807) is 13.2 Å². The van der Waals surface area contributed by atoms with E-state index in [-0.39, 0.29) is 11.7 Å². The average molecular weight is 152 g/mol. The van der Waals surface area contributed by atoms with E-state index in [1.165, 1.54) is 0 Å². The Kier molecular flexibility index (Phi) is 2.47. The van der Waals surface area contributed by atoms with Crippen LogP contribution in [0.1, 0.15) is 19.6 Å². The highest BCUT2D eigenvalue weighted by Gasteiger charge is 2.09. The predicted molar refractivity (Wildman–Crippen MR) is 42.3 cm³/mol. The van der Waals surface area contributed by atoms with E-state index in [9.17, 15) is 4.79 Å². The maximum Gasteiger partial charge on any atom is 0.133 e. The van der Waals surface area contributed by atoms with Crippen LogP contribution < -0.4 is 0 Å². The van der Waals surface area contributed by atoms with Crippen LogP contribution in [0.15, 0.2) is 22.8 Å². The van der Waals surface area contributed by atoms with Gasteiger partial charge >= 0.3 is 0 Å². The van der Waals surface area contributed by atoms with Crippen LogP contribution in [0.25, 0.3) is 0 Å². The van der Waals surface area contributed by atoms with Gasteiger partial charge in [0.15, 0.2) is 0 Å². The number of carbonyl (C=O) groups is 1. The van der Waals surface area contributed by atoms with Crippen molar-refractivity contribution in [1.29, 1.82) is 0 Å². The van der Waals surface area contributed by atoms with Gasteiger partial charge in [-0.25, -0.2) is 0 Å². The Morgan fingerprint density at radius 2 is 2.45 bits per heavy atom. The maximum atomic E-state index is 10.8. The number of furan rings is 1. The second-order valence-electron chi connectivity index (χ2n) is 2.80. The molecule has 0 saturated heterocycles. The lowest BCUT2D eigenvalue weighted by Gasteiger charge is -2.02. The van der Waals surface area contributed by atoms with Crippen molar-refractivity contribution in [3.05, 3.63) is 24.2 Å². The molecule has 1 aromatic rings. The first-order valence-corrected chi connectivity index (χ1v) is 3.73. The standard InChI is InChI=1S/C9H12O2/c1-7(8(2)10)6-9-4-3-5-11-9/h3-5,7H,6H2,1-2H3. The van der Waals surface area contributed by atoms with E-state index in [0.717, 1.165) is 5.76 Å². The molecule has 0 fully saturated rings. The second kappa shape index (κ2) is 3.37. The van der Waals surface area contributed by atoms with E-state index in [0.29, 0.717) is 6.42 Å². The van der Waals surface area contributed by atoms with Crippen LogP contribution in [0.4, 0.5) is 0 Å². The summed E-state index contributed by atoms with van der Waals surface area (Å²) in [5.74, 6) is 1.16. The molecule has 0 aliphatic rings. The SMILES string of the molecule is CC(=O)C(C)Cc1ccco1. The van der Waals surface area contributed by atoms with Crippen molar-refractivity contribution in [3.63, 3.8) is 0 Å². The first kappa shape index (κ1) is 8.05. The number of hydrogen-bond acceptors (Lipinski definition) is 2. The molecule has 0 bridgehead atoms. The van der Waals surface area contributed by atoms with E-state index >= 15 is 0 Å². The van der Waals surface area contributed by atoms with Gasteiger partial charge in [0.2, 0.25) is 0 Å². The highest BCUT2D eigenvalue weighted by atomic mass is 16.3. The van der Waals surface area contributed by atoms with Gasteiger partial charge < -0.3 is 4.42 Å². The Balaban J connectivity index is 2.50. The summed E-state index contributed by atoms with van der Waals surface area (Å²) in [6, 6.07) is 3.72. The molecule has 0 aromatic carbocycles. The second-order valence-corrected chi connectivity index (χ2v) is 2.80. The normalized spacial score (nSPS) is 12.9. The molecule has 1 atom stereocenters. The summed E-state index contributed by atoms with van der Waals surface area (Å²) in [6.07, 6.45) is 2.34. The van der Waals surface area contributed by atoms with Crippen LogP contribution in [0.5, 0.6) is 0 Å². The third kappa shape index (κ3) is 2.22. The van der Waals surface area contributed by atoms with Gasteiger partial charge in [0, 0.05) is 12.3 Å². The zero-order valence-electron chi connectivity index (χ0n) is 6.83. The van der Waals surface area contributed by atoms with E-state index in [4.69, 9.17) is 4.42 Å². The molecule has 0 aliphatic heterocycles. The zero-order valence-corrected chi connectivity index (χ0v) is 6.83. The third-order valence-corrected chi connectivity index (χ3v) is 1.78. The molecule has 2 nitrogen and oxygen atoms in total. The van der Waals surface area contributed by atoms with Crippen LogP contribution in [0, 0.1) is 5.92 Å². The van der Waals surface area contributed by atoms with Crippen molar-refractivity contribution >= 4 is 5.78 Å². The molecule has 11 heavy (non-hydrogen) atoms. The van der Waals surface area contributed by atoms with Crippen molar-refractivity contribution < 1.29 is 9.21 Å². The minimum atomic E-state index is 0.0705. The Labute approximate surface area is 66.2 Å². The van der Waals surface area contributed by atoms with Gasteiger partial charge in [-0.2, -0.15) is 0 Å². The Hall–Kier alpha value is -1.05. The molecule has 0 N–H and O–H groups in total. The number of rotatable bonds is 3. The lowest BCUT2D eigenvalue weighted by Crippen LogP contribution is -2.08. The molecule has 1 aromatic heterocycles. The number of hydrogen-bond donors (Lipinski definition) is 0. The number of ketones is 1. The van der Waals surface area contributed by atoms with Gasteiger partial charge in [0.05, 0.1) is 6.26 Å². The number of Topliss-reactive ketones (excluding diaryl/α,β-unsaturated/α-hetero) is 1. The van der Waals surface area contributed by atoms with Crippen molar-refractivity contribution in [2.75, 3.05) is 0 Å². The van der Waals surface area contributed by atoms with Gasteiger partial charge in [-0.15, -0.1) is 0 Å². The molecule has 0 radical (unpaired) electrons. The van der Waals surface area contributed by atoms with Crippen molar-refractivity contribution in [1.82, 2.24) is 0 Å². The minimum absolute atomic E-state index is 0.0705. The van der Waals surface area contributed by atoms with Crippen molar-refractivity contribution in [3.8, 4) is 0 Å². The Bertz CT molecular complexity index is 224.